The maximum atomic E-state index is 15.0. The first-order valence-electron chi connectivity index (χ1n) is 13.9. The van der Waals surface area contributed by atoms with E-state index in [-0.39, 0.29) is 23.4 Å². The van der Waals surface area contributed by atoms with Gasteiger partial charge in [0.25, 0.3) is 0 Å². The van der Waals surface area contributed by atoms with Gasteiger partial charge in [0.05, 0.1) is 12.7 Å². The quantitative estimate of drug-likeness (QED) is 0.131. The lowest BCUT2D eigenvalue weighted by atomic mass is 9.82. The molecule has 39 heavy (non-hydrogen) atoms. The third-order valence-electron chi connectivity index (χ3n) is 7.32. The minimum absolute atomic E-state index is 0.0178. The van der Waals surface area contributed by atoms with Gasteiger partial charge in [-0.25, -0.2) is 13.2 Å². The zero-order valence-corrected chi connectivity index (χ0v) is 22.6. The van der Waals surface area contributed by atoms with Crippen molar-refractivity contribution in [2.45, 2.75) is 63.9 Å². The summed E-state index contributed by atoms with van der Waals surface area (Å²) in [5, 5.41) is 0. The van der Waals surface area contributed by atoms with Gasteiger partial charge < -0.3 is 9.47 Å². The molecule has 0 amide bonds. The number of benzene rings is 3. The molecule has 2 nitrogen and oxygen atoms in total. The van der Waals surface area contributed by atoms with Crippen molar-refractivity contribution in [3.63, 3.8) is 0 Å². The lowest BCUT2D eigenvalue weighted by molar-refractivity contribution is 0.0230. The predicted molar refractivity (Wildman–Crippen MR) is 153 cm³/mol. The molecule has 0 bridgehead atoms. The van der Waals surface area contributed by atoms with Gasteiger partial charge in [-0.1, -0.05) is 68.0 Å². The second kappa shape index (κ2) is 14.2. The van der Waals surface area contributed by atoms with Crippen molar-refractivity contribution in [3.05, 3.63) is 101 Å². The van der Waals surface area contributed by atoms with Gasteiger partial charge in [0.2, 0.25) is 0 Å². The summed E-state index contributed by atoms with van der Waals surface area (Å²) in [6, 6.07) is 15.4. The Bertz CT molecular complexity index is 1260. The van der Waals surface area contributed by atoms with Gasteiger partial charge in [0.15, 0.2) is 11.6 Å². The summed E-state index contributed by atoms with van der Waals surface area (Å²) < 4.78 is 56.0. The summed E-state index contributed by atoms with van der Waals surface area (Å²) in [4.78, 5) is 0. The second-order valence-corrected chi connectivity index (χ2v) is 10.1. The Hall–Kier alpha value is -3.31. The van der Waals surface area contributed by atoms with Crippen molar-refractivity contribution in [2.24, 2.45) is 0 Å². The van der Waals surface area contributed by atoms with E-state index in [0.29, 0.717) is 35.5 Å². The minimum Gasteiger partial charge on any atom is -0.493 e. The highest BCUT2D eigenvalue weighted by Gasteiger charge is 2.26. The summed E-state index contributed by atoms with van der Waals surface area (Å²) in [5.74, 6) is -1.45. The SMILES string of the molecule is C=CCCOc1ccc(-c2ccc(/C=C/c3ccc(C4CCC(OCCCC)CC4)c(F)c3F)cc2)c(F)c1. The standard InChI is InChI=1S/C34H37F3O2/c1-3-5-21-38-28-16-13-26(14-17-28)31-19-15-27(33(36)34(31)37)12-9-24-7-10-25(11-8-24)30-20-18-29(23-32(30)35)39-22-6-4-2/h4,7-12,15,18-20,23,26,28H,2-3,5-6,13-14,16-17,21-22H2,1H3/b12-9+. The number of hydrogen-bond acceptors (Lipinski definition) is 2. The summed E-state index contributed by atoms with van der Waals surface area (Å²) in [6.45, 7) is 7.00. The maximum Gasteiger partial charge on any atom is 0.166 e. The maximum absolute atomic E-state index is 15.0. The zero-order chi connectivity index (χ0) is 27.6. The number of rotatable bonds is 12. The highest BCUT2D eigenvalue weighted by molar-refractivity contribution is 5.73. The lowest BCUT2D eigenvalue weighted by Crippen LogP contribution is -2.22. The molecule has 0 radical (unpaired) electrons. The molecule has 0 aliphatic heterocycles. The molecule has 4 rings (SSSR count). The van der Waals surface area contributed by atoms with Crippen LogP contribution >= 0.6 is 0 Å². The predicted octanol–water partition coefficient (Wildman–Crippen LogP) is 9.74. The monoisotopic (exact) mass is 534 g/mol. The summed E-state index contributed by atoms with van der Waals surface area (Å²) >= 11 is 0. The van der Waals surface area contributed by atoms with Crippen LogP contribution in [-0.4, -0.2) is 19.3 Å². The molecular weight excluding hydrogens is 497 g/mol. The van der Waals surface area contributed by atoms with Crippen LogP contribution < -0.4 is 4.74 Å². The molecule has 5 heteroatoms. The van der Waals surface area contributed by atoms with Crippen LogP contribution in [-0.2, 0) is 4.74 Å². The van der Waals surface area contributed by atoms with Gasteiger partial charge in [0, 0.05) is 23.8 Å². The molecule has 0 unspecified atom stereocenters. The Morgan fingerprint density at radius 1 is 0.872 bits per heavy atom. The van der Waals surface area contributed by atoms with E-state index in [4.69, 9.17) is 9.47 Å². The molecule has 1 aliphatic rings. The summed E-state index contributed by atoms with van der Waals surface area (Å²) in [6.07, 6.45) is 11.5. The molecule has 0 spiro atoms. The fourth-order valence-corrected chi connectivity index (χ4v) is 5.00. The number of hydrogen-bond donors (Lipinski definition) is 0. The molecule has 0 heterocycles. The Labute approximate surface area is 230 Å². The largest absolute Gasteiger partial charge is 0.493 e. The Kier molecular flexibility index (Phi) is 10.4. The van der Waals surface area contributed by atoms with E-state index in [1.54, 1.807) is 54.6 Å². The Morgan fingerprint density at radius 3 is 2.33 bits per heavy atom. The summed E-state index contributed by atoms with van der Waals surface area (Å²) in [7, 11) is 0. The summed E-state index contributed by atoms with van der Waals surface area (Å²) in [5.41, 5.74) is 2.64. The fraction of sp³-hybridized carbons (Fsp3) is 0.353. The van der Waals surface area contributed by atoms with Gasteiger partial charge in [-0.05, 0) is 73.3 Å². The normalized spacial score (nSPS) is 17.4. The average Bonchev–Trinajstić information content (AvgIpc) is 2.95. The first-order chi connectivity index (χ1) is 19.0. The molecule has 1 fully saturated rings. The van der Waals surface area contributed by atoms with Gasteiger partial charge in [-0.3, -0.25) is 0 Å². The van der Waals surface area contributed by atoms with E-state index in [0.717, 1.165) is 50.7 Å². The zero-order valence-electron chi connectivity index (χ0n) is 22.6. The van der Waals surface area contributed by atoms with E-state index in [1.165, 1.54) is 6.07 Å². The molecular formula is C34H37F3O2. The van der Waals surface area contributed by atoms with Crippen molar-refractivity contribution in [3.8, 4) is 16.9 Å². The fourth-order valence-electron chi connectivity index (χ4n) is 5.00. The molecule has 3 aromatic rings. The number of unbranched alkanes of at least 4 members (excludes halogenated alkanes) is 1. The van der Waals surface area contributed by atoms with Crippen molar-refractivity contribution in [1.82, 2.24) is 0 Å². The van der Waals surface area contributed by atoms with Crippen molar-refractivity contribution in [1.29, 1.82) is 0 Å². The van der Waals surface area contributed by atoms with E-state index in [9.17, 15) is 8.78 Å². The van der Waals surface area contributed by atoms with Crippen LogP contribution in [0.2, 0.25) is 0 Å². The lowest BCUT2D eigenvalue weighted by Gasteiger charge is -2.29. The van der Waals surface area contributed by atoms with Crippen LogP contribution in [0.25, 0.3) is 23.3 Å². The van der Waals surface area contributed by atoms with Gasteiger partial charge in [-0.2, -0.15) is 0 Å². The Balaban J connectivity index is 1.38. The third-order valence-corrected chi connectivity index (χ3v) is 7.32. The first kappa shape index (κ1) is 28.7. The van der Waals surface area contributed by atoms with E-state index < -0.39 is 11.6 Å². The second-order valence-electron chi connectivity index (χ2n) is 10.1. The molecule has 0 N–H and O–H groups in total. The first-order valence-corrected chi connectivity index (χ1v) is 13.9. The van der Waals surface area contributed by atoms with Gasteiger partial charge in [0.1, 0.15) is 11.6 Å². The van der Waals surface area contributed by atoms with Crippen LogP contribution in [0.1, 0.15) is 74.5 Å². The van der Waals surface area contributed by atoms with Crippen LogP contribution in [0.15, 0.2) is 67.3 Å². The number of halogens is 3. The van der Waals surface area contributed by atoms with Crippen LogP contribution in [0.3, 0.4) is 0 Å². The van der Waals surface area contributed by atoms with E-state index in [1.807, 2.05) is 12.1 Å². The van der Waals surface area contributed by atoms with Crippen LogP contribution in [0, 0.1) is 17.5 Å². The molecule has 1 aliphatic carbocycles. The van der Waals surface area contributed by atoms with Crippen molar-refractivity contribution in [2.75, 3.05) is 13.2 Å². The molecule has 206 valence electrons. The highest BCUT2D eigenvalue weighted by Crippen LogP contribution is 2.36. The average molecular weight is 535 g/mol. The molecule has 0 atom stereocenters. The highest BCUT2D eigenvalue weighted by atomic mass is 19.2. The van der Waals surface area contributed by atoms with E-state index in [2.05, 4.69) is 13.5 Å². The molecule has 1 saturated carbocycles. The van der Waals surface area contributed by atoms with E-state index >= 15 is 4.39 Å². The minimum atomic E-state index is -0.820. The smallest absolute Gasteiger partial charge is 0.166 e. The van der Waals surface area contributed by atoms with Crippen LogP contribution in [0.4, 0.5) is 13.2 Å². The van der Waals surface area contributed by atoms with Crippen molar-refractivity contribution >= 4 is 12.2 Å². The third kappa shape index (κ3) is 7.63. The van der Waals surface area contributed by atoms with Gasteiger partial charge >= 0.3 is 0 Å². The van der Waals surface area contributed by atoms with Crippen LogP contribution in [0.5, 0.6) is 5.75 Å². The molecule has 3 aromatic carbocycles. The van der Waals surface area contributed by atoms with Gasteiger partial charge in [-0.15, -0.1) is 6.58 Å². The Morgan fingerprint density at radius 2 is 1.64 bits per heavy atom. The number of ether oxygens (including phenoxy) is 2. The molecule has 0 aromatic heterocycles. The topological polar surface area (TPSA) is 18.5 Å². The molecule has 0 saturated heterocycles. The van der Waals surface area contributed by atoms with Crippen molar-refractivity contribution < 1.29 is 22.6 Å².